The molecule has 6 rings (SSSR count). The van der Waals surface area contributed by atoms with Gasteiger partial charge in [-0.2, -0.15) is 0 Å². The van der Waals surface area contributed by atoms with Crippen molar-refractivity contribution in [3.8, 4) is 11.5 Å². The molecule has 2 aromatic heterocycles. The number of rotatable bonds is 10. The zero-order valence-corrected chi connectivity index (χ0v) is 24.2. The lowest BCUT2D eigenvalue weighted by atomic mass is 10.0. The Bertz CT molecular complexity index is 1620. The highest BCUT2D eigenvalue weighted by Crippen LogP contribution is 2.26. The first-order valence-electron chi connectivity index (χ1n) is 14.8. The van der Waals surface area contributed by atoms with Crippen LogP contribution in [0.4, 0.5) is 0 Å². The van der Waals surface area contributed by atoms with E-state index in [9.17, 15) is 0 Å². The van der Waals surface area contributed by atoms with Crippen LogP contribution < -0.4 is 5.32 Å². The zero-order chi connectivity index (χ0) is 28.7. The number of fused-ring (bicyclic) bond motifs is 1. The van der Waals surface area contributed by atoms with Crippen molar-refractivity contribution in [3.63, 3.8) is 0 Å². The first-order chi connectivity index (χ1) is 20.7. The molecule has 0 unspecified atom stereocenters. The maximum atomic E-state index is 8.07. The fourth-order valence-corrected chi connectivity index (χ4v) is 5.79. The zero-order valence-electron chi connectivity index (χ0n) is 24.2. The topological polar surface area (TPSA) is 79.1 Å². The fraction of sp³-hybridized carbons (Fsp3) is 0.286. The van der Waals surface area contributed by atoms with Crippen LogP contribution in [-0.4, -0.2) is 58.1 Å². The summed E-state index contributed by atoms with van der Waals surface area (Å²) >= 11 is 0. The third kappa shape index (κ3) is 6.59. The molecule has 5 aromatic rings. The van der Waals surface area contributed by atoms with Gasteiger partial charge in [-0.25, -0.2) is 4.98 Å². The summed E-state index contributed by atoms with van der Waals surface area (Å²) in [7, 11) is 1.51. The van der Waals surface area contributed by atoms with E-state index < -0.39 is 0 Å². The largest absolute Gasteiger partial charge is 0.481 e. The van der Waals surface area contributed by atoms with Gasteiger partial charge < -0.3 is 14.6 Å². The molecule has 3 heterocycles. The average Bonchev–Trinajstić information content (AvgIpc) is 3.41. The normalized spacial score (nSPS) is 14.3. The van der Waals surface area contributed by atoms with Gasteiger partial charge in [-0.15, -0.1) is 0 Å². The van der Waals surface area contributed by atoms with Crippen molar-refractivity contribution in [1.29, 1.82) is 5.41 Å². The Morgan fingerprint density at radius 3 is 2.36 bits per heavy atom. The maximum absolute atomic E-state index is 8.07. The molecule has 214 valence electrons. The molecule has 1 fully saturated rings. The second-order valence-corrected chi connectivity index (χ2v) is 11.0. The maximum Gasteiger partial charge on any atom is 0.213 e. The summed E-state index contributed by atoms with van der Waals surface area (Å²) in [5.74, 6) is 0.895. The van der Waals surface area contributed by atoms with E-state index in [4.69, 9.17) is 15.1 Å². The van der Waals surface area contributed by atoms with Crippen molar-refractivity contribution in [2.75, 3.05) is 26.7 Å². The predicted octanol–water partition coefficient (Wildman–Crippen LogP) is 5.92. The molecule has 0 atom stereocenters. The van der Waals surface area contributed by atoms with Crippen LogP contribution in [0.25, 0.3) is 22.6 Å². The van der Waals surface area contributed by atoms with Crippen molar-refractivity contribution < 1.29 is 4.74 Å². The summed E-state index contributed by atoms with van der Waals surface area (Å²) in [4.78, 5) is 12.1. The predicted molar refractivity (Wildman–Crippen MR) is 169 cm³/mol. The van der Waals surface area contributed by atoms with Crippen LogP contribution in [0, 0.1) is 5.41 Å². The van der Waals surface area contributed by atoms with E-state index in [2.05, 4.69) is 80.4 Å². The number of ether oxygens (including phenoxy) is 1. The summed E-state index contributed by atoms with van der Waals surface area (Å²) < 4.78 is 7.35. The smallest absolute Gasteiger partial charge is 0.213 e. The standard InChI is InChI=1S/C35H38N6O/c1-42-34(36)29-16-20-38-32(23-29)35-39-31-9-5-6-10-33(31)41(35)25-28-13-11-27(12-14-28)24-40-21-17-30(18-22-40)37-19-15-26-7-3-2-4-8-26/h2-14,16,20,23,30,36-37H,15,17-19,21-22,24-25H2,1H3. The van der Waals surface area contributed by atoms with Gasteiger partial charge in [0.2, 0.25) is 5.90 Å². The van der Waals surface area contributed by atoms with E-state index >= 15 is 0 Å². The molecule has 7 heteroatoms. The highest BCUT2D eigenvalue weighted by atomic mass is 16.5. The first-order valence-corrected chi connectivity index (χ1v) is 14.8. The van der Waals surface area contributed by atoms with Crippen LogP contribution in [0.1, 0.15) is 35.1 Å². The van der Waals surface area contributed by atoms with Gasteiger partial charge in [0.15, 0.2) is 5.82 Å². The molecule has 2 N–H and O–H groups in total. The van der Waals surface area contributed by atoms with Crippen LogP contribution >= 0.6 is 0 Å². The number of benzene rings is 3. The van der Waals surface area contributed by atoms with Gasteiger partial charge in [-0.1, -0.05) is 66.7 Å². The van der Waals surface area contributed by atoms with E-state index in [1.54, 1.807) is 12.3 Å². The molecular formula is C35H38N6O. The lowest BCUT2D eigenvalue weighted by Crippen LogP contribution is -2.42. The summed E-state index contributed by atoms with van der Waals surface area (Å²) in [6.45, 7) is 4.97. The lowest BCUT2D eigenvalue weighted by molar-refractivity contribution is 0.191. The second-order valence-electron chi connectivity index (χ2n) is 11.0. The number of nitrogens with zero attached hydrogens (tertiary/aromatic N) is 4. The van der Waals surface area contributed by atoms with Crippen molar-refractivity contribution in [1.82, 2.24) is 24.8 Å². The Balaban J connectivity index is 1.08. The van der Waals surface area contributed by atoms with Gasteiger partial charge in [-0.3, -0.25) is 15.3 Å². The third-order valence-corrected chi connectivity index (χ3v) is 8.16. The molecule has 0 aliphatic carbocycles. The Morgan fingerprint density at radius 1 is 0.881 bits per heavy atom. The van der Waals surface area contributed by atoms with Crippen LogP contribution in [0.5, 0.6) is 0 Å². The SMILES string of the molecule is COC(=N)c1ccnc(-c2nc3ccccc3n2Cc2ccc(CN3CCC(NCCc4ccccc4)CC3)cc2)c1. The van der Waals surface area contributed by atoms with Crippen LogP contribution in [0.15, 0.2) is 97.2 Å². The highest BCUT2D eigenvalue weighted by molar-refractivity contribution is 5.92. The molecule has 0 radical (unpaired) electrons. The van der Waals surface area contributed by atoms with Crippen molar-refractivity contribution in [2.24, 2.45) is 0 Å². The highest BCUT2D eigenvalue weighted by Gasteiger charge is 2.19. The minimum atomic E-state index is 0.112. The van der Waals surface area contributed by atoms with E-state index in [0.29, 0.717) is 18.2 Å². The van der Waals surface area contributed by atoms with E-state index in [0.717, 1.165) is 55.2 Å². The molecule has 0 spiro atoms. The average molecular weight is 559 g/mol. The van der Waals surface area contributed by atoms with Crippen molar-refractivity contribution >= 4 is 16.9 Å². The quantitative estimate of drug-likeness (QED) is 0.164. The van der Waals surface area contributed by atoms with Crippen LogP contribution in [-0.2, 0) is 24.2 Å². The van der Waals surface area contributed by atoms with Gasteiger partial charge in [0.25, 0.3) is 0 Å². The van der Waals surface area contributed by atoms with Gasteiger partial charge >= 0.3 is 0 Å². The molecule has 0 bridgehead atoms. The van der Waals surface area contributed by atoms with E-state index in [1.807, 2.05) is 24.3 Å². The van der Waals surface area contributed by atoms with Gasteiger partial charge in [0, 0.05) is 30.9 Å². The number of hydrogen-bond donors (Lipinski definition) is 2. The Kier molecular flexibility index (Phi) is 8.68. The molecular weight excluding hydrogens is 520 g/mol. The van der Waals surface area contributed by atoms with E-state index in [1.165, 1.54) is 36.6 Å². The minimum Gasteiger partial charge on any atom is -0.481 e. The van der Waals surface area contributed by atoms with Gasteiger partial charge in [0.1, 0.15) is 5.69 Å². The fourth-order valence-electron chi connectivity index (χ4n) is 5.79. The van der Waals surface area contributed by atoms with Crippen LogP contribution in [0.3, 0.4) is 0 Å². The molecule has 1 saturated heterocycles. The number of likely N-dealkylation sites (tertiary alicyclic amines) is 1. The summed E-state index contributed by atoms with van der Waals surface area (Å²) in [6, 6.07) is 32.2. The summed E-state index contributed by atoms with van der Waals surface area (Å²) in [5.41, 5.74) is 7.35. The van der Waals surface area contributed by atoms with Crippen molar-refractivity contribution in [2.45, 2.75) is 38.4 Å². The van der Waals surface area contributed by atoms with Gasteiger partial charge in [-0.05, 0) is 79.9 Å². The Morgan fingerprint density at radius 2 is 1.60 bits per heavy atom. The lowest BCUT2D eigenvalue weighted by Gasteiger charge is -2.32. The number of aromatic nitrogens is 3. The minimum absolute atomic E-state index is 0.112. The summed E-state index contributed by atoms with van der Waals surface area (Å²) in [5, 5.41) is 11.8. The number of methoxy groups -OCH3 is 1. The van der Waals surface area contributed by atoms with Gasteiger partial charge in [0.05, 0.1) is 18.1 Å². The summed E-state index contributed by atoms with van der Waals surface area (Å²) in [6.07, 6.45) is 5.19. The Hall–Kier alpha value is -4.33. The molecule has 1 aliphatic rings. The second kappa shape index (κ2) is 13.1. The Labute approximate surface area is 247 Å². The number of imidazole rings is 1. The molecule has 42 heavy (non-hydrogen) atoms. The number of pyridine rings is 1. The number of piperidine rings is 1. The number of hydrogen-bond acceptors (Lipinski definition) is 6. The van der Waals surface area contributed by atoms with E-state index in [-0.39, 0.29) is 5.90 Å². The van der Waals surface area contributed by atoms with Crippen molar-refractivity contribution in [3.05, 3.63) is 119 Å². The molecule has 0 amide bonds. The molecule has 7 nitrogen and oxygen atoms in total. The number of nitrogens with one attached hydrogen (secondary N) is 2. The molecule has 1 aliphatic heterocycles. The molecule has 3 aromatic carbocycles. The number of para-hydroxylation sites is 2. The van der Waals surface area contributed by atoms with Crippen LogP contribution in [0.2, 0.25) is 0 Å². The first kappa shape index (κ1) is 27.8. The molecule has 0 saturated carbocycles. The monoisotopic (exact) mass is 558 g/mol. The third-order valence-electron chi connectivity index (χ3n) is 8.16.